The van der Waals surface area contributed by atoms with Gasteiger partial charge in [-0.25, -0.2) is 9.97 Å². The van der Waals surface area contributed by atoms with E-state index in [1.165, 1.54) is 15.9 Å². The second-order valence-corrected chi connectivity index (χ2v) is 12.8. The molecule has 0 radical (unpaired) electrons. The number of hydrogen-bond acceptors (Lipinski definition) is 8. The highest BCUT2D eigenvalue weighted by molar-refractivity contribution is 7.18. The highest BCUT2D eigenvalue weighted by Gasteiger charge is 2.35. The molecule has 3 aliphatic heterocycles. The number of thiazole rings is 1. The lowest BCUT2D eigenvalue weighted by atomic mass is 9.89. The Bertz CT molecular complexity index is 1400. The first kappa shape index (κ1) is 27.1. The SMILES string of the molecule is C[C@H]1CC[C@H](c2ccc3sc(C4CCN(C)CC4)nc3c2)N(C(=O)C(=O)Nc2cnc(N)c(C3CCOC3)c2)C1. The van der Waals surface area contributed by atoms with Gasteiger partial charge < -0.3 is 25.6 Å². The van der Waals surface area contributed by atoms with Gasteiger partial charge in [-0.1, -0.05) is 13.0 Å². The molecule has 40 heavy (non-hydrogen) atoms. The Morgan fingerprint density at radius 1 is 1.10 bits per heavy atom. The van der Waals surface area contributed by atoms with Gasteiger partial charge in [0, 0.05) is 30.6 Å². The fourth-order valence-corrected chi connectivity index (χ4v) is 7.42. The van der Waals surface area contributed by atoms with Crippen molar-refractivity contribution in [3.63, 3.8) is 0 Å². The van der Waals surface area contributed by atoms with Crippen molar-refractivity contribution in [3.8, 4) is 0 Å². The molecule has 9 nitrogen and oxygen atoms in total. The molecule has 0 bridgehead atoms. The summed E-state index contributed by atoms with van der Waals surface area (Å²) in [5.74, 6) is 0.232. The molecule has 0 aliphatic carbocycles. The minimum atomic E-state index is -0.654. The first-order valence-corrected chi connectivity index (χ1v) is 15.2. The molecule has 6 rings (SSSR count). The number of rotatable bonds is 4. The van der Waals surface area contributed by atoms with Crippen molar-refractivity contribution in [3.05, 3.63) is 46.6 Å². The molecule has 212 valence electrons. The molecule has 3 aromatic rings. The highest BCUT2D eigenvalue weighted by atomic mass is 32.1. The number of nitrogen functional groups attached to an aromatic ring is 1. The average molecular weight is 563 g/mol. The molecule has 3 N–H and O–H groups in total. The van der Waals surface area contributed by atoms with Crippen LogP contribution in [0.15, 0.2) is 30.5 Å². The Morgan fingerprint density at radius 3 is 2.70 bits per heavy atom. The van der Waals surface area contributed by atoms with E-state index in [-0.39, 0.29) is 12.0 Å². The number of aromatic nitrogens is 2. The molecule has 10 heteroatoms. The maximum Gasteiger partial charge on any atom is 0.313 e. The van der Waals surface area contributed by atoms with Gasteiger partial charge in [0.1, 0.15) is 5.82 Å². The van der Waals surface area contributed by atoms with E-state index in [9.17, 15) is 9.59 Å². The molecule has 3 atom stereocenters. The number of ether oxygens (including phenoxy) is 1. The van der Waals surface area contributed by atoms with Crippen LogP contribution in [0.25, 0.3) is 10.2 Å². The normalized spacial score (nSPS) is 24.4. The summed E-state index contributed by atoms with van der Waals surface area (Å²) in [6.07, 6.45) is 6.46. The van der Waals surface area contributed by atoms with Crippen LogP contribution in [0.5, 0.6) is 0 Å². The summed E-state index contributed by atoms with van der Waals surface area (Å²) in [7, 11) is 2.18. The van der Waals surface area contributed by atoms with Gasteiger partial charge in [0.15, 0.2) is 0 Å². The summed E-state index contributed by atoms with van der Waals surface area (Å²) in [4.78, 5) is 40.2. The smallest absolute Gasteiger partial charge is 0.313 e. The highest BCUT2D eigenvalue weighted by Crippen LogP contribution is 2.38. The molecule has 5 heterocycles. The van der Waals surface area contributed by atoms with Gasteiger partial charge in [-0.15, -0.1) is 11.3 Å². The second kappa shape index (κ2) is 11.4. The summed E-state index contributed by atoms with van der Waals surface area (Å²) in [6.45, 7) is 6.14. The van der Waals surface area contributed by atoms with E-state index >= 15 is 0 Å². The number of amides is 2. The maximum absolute atomic E-state index is 13.6. The van der Waals surface area contributed by atoms with E-state index in [1.54, 1.807) is 16.2 Å². The lowest BCUT2D eigenvalue weighted by Gasteiger charge is -2.38. The van der Waals surface area contributed by atoms with Crippen molar-refractivity contribution in [2.24, 2.45) is 5.92 Å². The molecule has 0 spiro atoms. The number of nitrogens with two attached hydrogens (primary N) is 1. The fourth-order valence-electron chi connectivity index (χ4n) is 6.31. The van der Waals surface area contributed by atoms with E-state index in [0.717, 1.165) is 61.8 Å². The third-order valence-electron chi connectivity index (χ3n) is 8.73. The number of nitrogens with one attached hydrogen (secondary N) is 1. The number of fused-ring (bicyclic) bond motifs is 1. The Balaban J connectivity index is 1.20. The van der Waals surface area contributed by atoms with Crippen molar-refractivity contribution in [1.82, 2.24) is 19.8 Å². The van der Waals surface area contributed by atoms with Gasteiger partial charge in [0.05, 0.1) is 39.8 Å². The van der Waals surface area contributed by atoms with Crippen LogP contribution >= 0.6 is 11.3 Å². The predicted molar refractivity (Wildman–Crippen MR) is 157 cm³/mol. The van der Waals surface area contributed by atoms with Crippen molar-refractivity contribution >= 4 is 44.9 Å². The van der Waals surface area contributed by atoms with E-state index in [2.05, 4.69) is 47.4 Å². The summed E-state index contributed by atoms with van der Waals surface area (Å²) >= 11 is 1.79. The van der Waals surface area contributed by atoms with Gasteiger partial charge in [0.25, 0.3) is 0 Å². The fraction of sp³-hybridized carbons (Fsp3) is 0.533. The molecular formula is C30H38N6O3S. The van der Waals surface area contributed by atoms with E-state index < -0.39 is 11.8 Å². The zero-order valence-corrected chi connectivity index (χ0v) is 24.1. The van der Waals surface area contributed by atoms with Gasteiger partial charge in [-0.05, 0) is 81.9 Å². The number of likely N-dealkylation sites (tertiary alicyclic amines) is 2. The Hall–Kier alpha value is -3.08. The number of piperidine rings is 2. The van der Waals surface area contributed by atoms with Crippen molar-refractivity contribution in [1.29, 1.82) is 0 Å². The van der Waals surface area contributed by atoms with Crippen LogP contribution in [-0.4, -0.2) is 71.5 Å². The molecule has 3 aliphatic rings. The number of nitrogens with zero attached hydrogens (tertiary/aromatic N) is 4. The molecule has 0 saturated carbocycles. The quantitative estimate of drug-likeness (QED) is 0.449. The zero-order chi connectivity index (χ0) is 27.8. The maximum atomic E-state index is 13.6. The van der Waals surface area contributed by atoms with Crippen molar-refractivity contribution in [2.75, 3.05) is 50.9 Å². The van der Waals surface area contributed by atoms with Crippen LogP contribution in [0.3, 0.4) is 0 Å². The van der Waals surface area contributed by atoms with Crippen molar-refractivity contribution < 1.29 is 14.3 Å². The summed E-state index contributed by atoms with van der Waals surface area (Å²) < 4.78 is 6.67. The Labute approximate surface area is 239 Å². The van der Waals surface area contributed by atoms with Gasteiger partial charge >= 0.3 is 11.8 Å². The predicted octanol–water partition coefficient (Wildman–Crippen LogP) is 4.52. The monoisotopic (exact) mass is 562 g/mol. The zero-order valence-electron chi connectivity index (χ0n) is 23.3. The molecule has 2 amide bonds. The minimum absolute atomic E-state index is 0.146. The largest absolute Gasteiger partial charge is 0.383 e. The van der Waals surface area contributed by atoms with E-state index in [1.807, 2.05) is 6.07 Å². The average Bonchev–Trinajstić information content (AvgIpc) is 3.64. The first-order valence-electron chi connectivity index (χ1n) is 14.4. The van der Waals surface area contributed by atoms with Gasteiger partial charge in [-0.2, -0.15) is 0 Å². The number of benzene rings is 1. The number of carbonyl (C=O) groups is 2. The summed E-state index contributed by atoms with van der Waals surface area (Å²) in [5.41, 5.74) is 9.46. The minimum Gasteiger partial charge on any atom is -0.383 e. The van der Waals surface area contributed by atoms with Gasteiger partial charge in [-0.3, -0.25) is 9.59 Å². The van der Waals surface area contributed by atoms with Crippen LogP contribution in [0.2, 0.25) is 0 Å². The Morgan fingerprint density at radius 2 is 1.93 bits per heavy atom. The standard InChI is InChI=1S/C30H38N6O3S/c1-18-3-5-25(20-4-6-26-24(13-20)34-29(40-26)19-7-10-35(2)11-8-19)36(16-18)30(38)28(37)33-22-14-23(27(31)32-15-22)21-9-12-39-17-21/h4,6,13-15,18-19,21,25H,3,5,7-12,16-17H2,1-2H3,(H2,31,32)(H,33,37)/t18-,21?,25+/m0/s1. The number of pyridine rings is 1. The second-order valence-electron chi connectivity index (χ2n) is 11.7. The molecule has 1 aromatic carbocycles. The van der Waals surface area contributed by atoms with E-state index in [4.69, 9.17) is 15.5 Å². The lowest BCUT2D eigenvalue weighted by Crippen LogP contribution is -2.46. The summed E-state index contributed by atoms with van der Waals surface area (Å²) in [5, 5.41) is 4.00. The Kier molecular flexibility index (Phi) is 7.74. The molecule has 2 aromatic heterocycles. The molecule has 1 unspecified atom stereocenters. The van der Waals surface area contributed by atoms with Gasteiger partial charge in [0.2, 0.25) is 0 Å². The summed E-state index contributed by atoms with van der Waals surface area (Å²) in [6, 6.07) is 8.03. The first-order chi connectivity index (χ1) is 19.4. The number of anilines is 2. The van der Waals surface area contributed by atoms with Crippen LogP contribution in [0.4, 0.5) is 11.5 Å². The third kappa shape index (κ3) is 5.57. The molecular weight excluding hydrogens is 524 g/mol. The van der Waals surface area contributed by atoms with E-state index in [0.29, 0.717) is 43.1 Å². The number of hydrogen-bond donors (Lipinski definition) is 2. The van der Waals surface area contributed by atoms with Crippen molar-refractivity contribution in [2.45, 2.75) is 56.9 Å². The van der Waals surface area contributed by atoms with Crippen LogP contribution in [-0.2, 0) is 14.3 Å². The number of carbonyl (C=O) groups excluding carboxylic acids is 2. The molecule has 3 fully saturated rings. The molecule has 3 saturated heterocycles. The van der Waals surface area contributed by atoms with Crippen LogP contribution < -0.4 is 11.1 Å². The third-order valence-corrected chi connectivity index (χ3v) is 9.93. The lowest BCUT2D eigenvalue weighted by molar-refractivity contribution is -0.146. The topological polar surface area (TPSA) is 114 Å². The van der Waals surface area contributed by atoms with Crippen LogP contribution in [0.1, 0.15) is 73.0 Å². The van der Waals surface area contributed by atoms with Crippen LogP contribution in [0, 0.1) is 5.92 Å².